The van der Waals surface area contributed by atoms with Crippen molar-refractivity contribution in [2.24, 2.45) is 22.7 Å². The van der Waals surface area contributed by atoms with Crippen molar-refractivity contribution in [2.45, 2.75) is 46.5 Å². The number of rotatable bonds is 3. The van der Waals surface area contributed by atoms with Crippen LogP contribution in [-0.2, 0) is 11.2 Å². The van der Waals surface area contributed by atoms with E-state index in [0.29, 0.717) is 17.6 Å². The number of benzene rings is 1. The maximum absolute atomic E-state index is 12.7. The predicted molar refractivity (Wildman–Crippen MR) is 77.9 cm³/mol. The van der Waals surface area contributed by atoms with Gasteiger partial charge >= 0.3 is 0 Å². The summed E-state index contributed by atoms with van der Waals surface area (Å²) in [7, 11) is 0. The van der Waals surface area contributed by atoms with E-state index in [1.54, 1.807) is 0 Å². The molecule has 2 fully saturated rings. The topological polar surface area (TPSA) is 17.1 Å². The lowest BCUT2D eigenvalue weighted by atomic mass is 9.70. The fourth-order valence-corrected chi connectivity index (χ4v) is 4.57. The molecule has 0 amide bonds. The SMILES string of the molecule is CC1(C)[C@@H]2CC[C@@]1(C)C(=O)[C@H]2CCc1ccccc1. The van der Waals surface area contributed by atoms with Crippen molar-refractivity contribution in [1.82, 2.24) is 0 Å². The van der Waals surface area contributed by atoms with E-state index < -0.39 is 0 Å². The van der Waals surface area contributed by atoms with E-state index in [9.17, 15) is 4.79 Å². The molecule has 1 aromatic carbocycles. The molecule has 0 saturated heterocycles. The summed E-state index contributed by atoms with van der Waals surface area (Å²) in [5.41, 5.74) is 1.51. The smallest absolute Gasteiger partial charge is 0.142 e. The van der Waals surface area contributed by atoms with Crippen molar-refractivity contribution < 1.29 is 4.79 Å². The summed E-state index contributed by atoms with van der Waals surface area (Å²) in [6, 6.07) is 10.6. The molecule has 0 heterocycles. The summed E-state index contributed by atoms with van der Waals surface area (Å²) in [6.45, 7) is 6.83. The normalized spacial score (nSPS) is 35.8. The third kappa shape index (κ3) is 1.70. The second kappa shape index (κ2) is 4.19. The first-order valence-electron chi connectivity index (χ1n) is 7.55. The lowest BCUT2D eigenvalue weighted by Crippen LogP contribution is -2.33. The summed E-state index contributed by atoms with van der Waals surface area (Å²) in [6.07, 6.45) is 4.42. The van der Waals surface area contributed by atoms with E-state index in [1.807, 2.05) is 0 Å². The summed E-state index contributed by atoms with van der Waals surface area (Å²) < 4.78 is 0. The van der Waals surface area contributed by atoms with Crippen LogP contribution in [0.1, 0.15) is 45.6 Å². The van der Waals surface area contributed by atoms with Gasteiger partial charge in [-0.25, -0.2) is 0 Å². The fraction of sp³-hybridized carbons (Fsp3) is 0.611. The maximum atomic E-state index is 12.7. The number of hydrogen-bond acceptors (Lipinski definition) is 1. The van der Waals surface area contributed by atoms with Crippen LogP contribution >= 0.6 is 0 Å². The van der Waals surface area contributed by atoms with Crippen LogP contribution in [0.15, 0.2) is 30.3 Å². The van der Waals surface area contributed by atoms with Crippen LogP contribution in [-0.4, -0.2) is 5.78 Å². The molecule has 3 atom stereocenters. The number of carbonyl (C=O) groups is 1. The molecule has 0 radical (unpaired) electrons. The van der Waals surface area contributed by atoms with Gasteiger partial charge in [0.15, 0.2) is 0 Å². The van der Waals surface area contributed by atoms with Gasteiger partial charge in [-0.1, -0.05) is 51.1 Å². The summed E-state index contributed by atoms with van der Waals surface area (Å²) in [4.78, 5) is 12.7. The van der Waals surface area contributed by atoms with Crippen molar-refractivity contribution in [1.29, 1.82) is 0 Å². The minimum atomic E-state index is -0.0565. The summed E-state index contributed by atoms with van der Waals surface area (Å²) >= 11 is 0. The molecule has 3 rings (SSSR count). The van der Waals surface area contributed by atoms with Gasteiger partial charge in [0, 0.05) is 11.3 Å². The van der Waals surface area contributed by atoms with E-state index in [1.165, 1.54) is 12.0 Å². The molecule has 2 aliphatic carbocycles. The highest BCUT2D eigenvalue weighted by Gasteiger charge is 2.65. The van der Waals surface area contributed by atoms with Gasteiger partial charge in [-0.2, -0.15) is 0 Å². The molecule has 0 aliphatic heterocycles. The highest BCUT2D eigenvalue weighted by Crippen LogP contribution is 2.66. The summed E-state index contributed by atoms with van der Waals surface area (Å²) in [5.74, 6) is 1.45. The van der Waals surface area contributed by atoms with Crippen molar-refractivity contribution in [3.63, 3.8) is 0 Å². The van der Waals surface area contributed by atoms with Gasteiger partial charge in [-0.05, 0) is 42.6 Å². The largest absolute Gasteiger partial charge is 0.299 e. The molecule has 0 N–H and O–H groups in total. The van der Waals surface area contributed by atoms with Gasteiger partial charge in [0.05, 0.1) is 0 Å². The first-order chi connectivity index (χ1) is 8.97. The lowest BCUT2D eigenvalue weighted by molar-refractivity contribution is -0.131. The number of hydrogen-bond donors (Lipinski definition) is 0. The van der Waals surface area contributed by atoms with E-state index >= 15 is 0 Å². The van der Waals surface area contributed by atoms with Gasteiger partial charge < -0.3 is 0 Å². The standard InChI is InChI=1S/C18H24O/c1-17(2)15-11-12-18(17,3)16(19)14(15)10-9-13-7-5-4-6-8-13/h4-8,14-15H,9-12H2,1-3H3/t14-,15+,18-/m0/s1. The fourth-order valence-electron chi connectivity index (χ4n) is 4.57. The Kier molecular flexibility index (Phi) is 2.85. The zero-order valence-electron chi connectivity index (χ0n) is 12.3. The third-order valence-electron chi connectivity index (χ3n) is 6.26. The molecule has 1 heteroatoms. The molecule has 0 unspecified atom stereocenters. The Morgan fingerprint density at radius 1 is 1.16 bits per heavy atom. The zero-order chi connectivity index (χ0) is 13.7. The second-order valence-corrected chi connectivity index (χ2v) is 7.19. The van der Waals surface area contributed by atoms with Gasteiger partial charge in [-0.3, -0.25) is 4.79 Å². The molecule has 1 aromatic rings. The molecule has 1 nitrogen and oxygen atoms in total. The van der Waals surface area contributed by atoms with Gasteiger partial charge in [0.2, 0.25) is 0 Å². The van der Waals surface area contributed by atoms with Crippen LogP contribution in [0.25, 0.3) is 0 Å². The van der Waals surface area contributed by atoms with Crippen LogP contribution in [0.4, 0.5) is 0 Å². The summed E-state index contributed by atoms with van der Waals surface area (Å²) in [5, 5.41) is 0. The molecule has 0 spiro atoms. The zero-order valence-corrected chi connectivity index (χ0v) is 12.3. The number of Topliss-reactive ketones (excluding diaryl/α,β-unsaturated/α-hetero) is 1. The Morgan fingerprint density at radius 2 is 1.84 bits per heavy atom. The third-order valence-corrected chi connectivity index (χ3v) is 6.26. The maximum Gasteiger partial charge on any atom is 0.142 e. The number of fused-ring (bicyclic) bond motifs is 2. The monoisotopic (exact) mass is 256 g/mol. The van der Waals surface area contributed by atoms with Crippen LogP contribution in [0.5, 0.6) is 0 Å². The Bertz CT molecular complexity index is 488. The van der Waals surface area contributed by atoms with Crippen molar-refractivity contribution in [2.75, 3.05) is 0 Å². The molecule has 2 saturated carbocycles. The van der Waals surface area contributed by atoms with Gasteiger partial charge in [0.1, 0.15) is 5.78 Å². The molecule has 0 aromatic heterocycles. The highest BCUT2D eigenvalue weighted by molar-refractivity contribution is 5.91. The highest BCUT2D eigenvalue weighted by atomic mass is 16.1. The number of ketones is 1. The number of aryl methyl sites for hydroxylation is 1. The second-order valence-electron chi connectivity index (χ2n) is 7.19. The average Bonchev–Trinajstić information content (AvgIpc) is 2.70. The predicted octanol–water partition coefficient (Wildman–Crippen LogP) is 4.26. The molecular formula is C18H24O. The molecule has 2 bridgehead atoms. The van der Waals surface area contributed by atoms with E-state index in [4.69, 9.17) is 0 Å². The molecule has 2 aliphatic rings. The molecule has 102 valence electrons. The Hall–Kier alpha value is -1.11. The Balaban J connectivity index is 1.75. The minimum Gasteiger partial charge on any atom is -0.299 e. The first kappa shape index (κ1) is 12.9. The first-order valence-corrected chi connectivity index (χ1v) is 7.55. The van der Waals surface area contributed by atoms with Crippen molar-refractivity contribution in [3.05, 3.63) is 35.9 Å². The van der Waals surface area contributed by atoms with E-state index in [2.05, 4.69) is 51.1 Å². The molecule has 19 heavy (non-hydrogen) atoms. The average molecular weight is 256 g/mol. The van der Waals surface area contributed by atoms with Gasteiger partial charge in [-0.15, -0.1) is 0 Å². The Morgan fingerprint density at radius 3 is 2.42 bits per heavy atom. The van der Waals surface area contributed by atoms with Crippen molar-refractivity contribution >= 4 is 5.78 Å². The number of carbonyl (C=O) groups excluding carboxylic acids is 1. The van der Waals surface area contributed by atoms with Crippen LogP contribution in [0.3, 0.4) is 0 Å². The minimum absolute atomic E-state index is 0.0565. The van der Waals surface area contributed by atoms with E-state index in [-0.39, 0.29) is 10.8 Å². The quantitative estimate of drug-likeness (QED) is 0.789. The van der Waals surface area contributed by atoms with E-state index in [0.717, 1.165) is 19.3 Å². The Labute approximate surface area is 116 Å². The van der Waals surface area contributed by atoms with Gasteiger partial charge in [0.25, 0.3) is 0 Å². The van der Waals surface area contributed by atoms with Crippen LogP contribution in [0, 0.1) is 22.7 Å². The van der Waals surface area contributed by atoms with Crippen LogP contribution in [0.2, 0.25) is 0 Å². The molecular weight excluding hydrogens is 232 g/mol. The lowest BCUT2D eigenvalue weighted by Gasteiger charge is -2.32. The van der Waals surface area contributed by atoms with Crippen LogP contribution < -0.4 is 0 Å². The van der Waals surface area contributed by atoms with Crippen molar-refractivity contribution in [3.8, 4) is 0 Å².